The van der Waals surface area contributed by atoms with Crippen molar-refractivity contribution >= 4 is 16.8 Å². The van der Waals surface area contributed by atoms with Crippen LogP contribution in [0.15, 0.2) is 54.7 Å². The number of nitrogens with one attached hydrogen (secondary N) is 1. The van der Waals surface area contributed by atoms with Crippen molar-refractivity contribution in [2.45, 2.75) is 37.8 Å². The van der Waals surface area contributed by atoms with Crippen molar-refractivity contribution in [3.05, 3.63) is 65.9 Å². The highest BCUT2D eigenvalue weighted by Crippen LogP contribution is 2.29. The summed E-state index contributed by atoms with van der Waals surface area (Å²) in [5.41, 5.74) is 4.35. The van der Waals surface area contributed by atoms with Gasteiger partial charge in [-0.15, -0.1) is 0 Å². The van der Waals surface area contributed by atoms with Gasteiger partial charge in [0.1, 0.15) is 6.04 Å². The predicted octanol–water partition coefficient (Wildman–Crippen LogP) is 3.56. The molecule has 0 bridgehead atoms. The molecule has 1 amide bonds. The second-order valence-corrected chi connectivity index (χ2v) is 7.78. The van der Waals surface area contributed by atoms with Crippen LogP contribution in [0.5, 0.6) is 0 Å². The van der Waals surface area contributed by atoms with Crippen molar-refractivity contribution in [3.8, 4) is 0 Å². The number of piperidine rings is 1. The molecule has 0 saturated carbocycles. The van der Waals surface area contributed by atoms with E-state index < -0.39 is 17.9 Å². The fourth-order valence-electron chi connectivity index (χ4n) is 3.91. The molecule has 1 fully saturated rings. The Bertz CT molecular complexity index is 1010. The van der Waals surface area contributed by atoms with E-state index in [1.807, 2.05) is 53.4 Å². The van der Waals surface area contributed by atoms with Crippen molar-refractivity contribution in [1.82, 2.24) is 20.2 Å². The Labute approximate surface area is 173 Å². The summed E-state index contributed by atoms with van der Waals surface area (Å²) >= 11 is 0. The van der Waals surface area contributed by atoms with Gasteiger partial charge in [-0.1, -0.05) is 48.5 Å². The number of carbonyl (C=O) groups excluding carboxylic acids is 1. The van der Waals surface area contributed by atoms with Crippen LogP contribution >= 0.6 is 0 Å². The molecule has 4 rings (SSSR count). The van der Waals surface area contributed by atoms with Crippen LogP contribution in [0.3, 0.4) is 0 Å². The number of benzene rings is 2. The van der Waals surface area contributed by atoms with Gasteiger partial charge in [0, 0.05) is 50.5 Å². The number of alkyl halides is 2. The fraction of sp³-hybridized carbons (Fsp3) is 0.364. The summed E-state index contributed by atoms with van der Waals surface area (Å²) in [4.78, 5) is 14.4. The Kier molecular flexibility index (Phi) is 5.78. The van der Waals surface area contributed by atoms with Gasteiger partial charge in [-0.2, -0.15) is 5.10 Å². The third-order valence-electron chi connectivity index (χ3n) is 5.62. The molecule has 0 radical (unpaired) electrons. The Balaban J connectivity index is 1.60. The van der Waals surface area contributed by atoms with Crippen LogP contribution in [-0.2, 0) is 17.8 Å². The molecule has 8 heteroatoms. The number of hydroxylamine groups is 1. The molecular formula is C22H24F2N4O2. The van der Waals surface area contributed by atoms with Crippen molar-refractivity contribution < 1.29 is 18.8 Å². The van der Waals surface area contributed by atoms with Gasteiger partial charge in [0.2, 0.25) is 0 Å². The van der Waals surface area contributed by atoms with Crippen molar-refractivity contribution in [2.24, 2.45) is 0 Å². The lowest BCUT2D eigenvalue weighted by Gasteiger charge is -2.31. The lowest BCUT2D eigenvalue weighted by atomic mass is 10.1. The van der Waals surface area contributed by atoms with E-state index in [4.69, 9.17) is 0 Å². The zero-order valence-electron chi connectivity index (χ0n) is 16.5. The monoisotopic (exact) mass is 414 g/mol. The van der Waals surface area contributed by atoms with Crippen molar-refractivity contribution in [2.75, 3.05) is 13.1 Å². The lowest BCUT2D eigenvalue weighted by molar-refractivity contribution is -0.132. The van der Waals surface area contributed by atoms with Crippen LogP contribution in [-0.4, -0.2) is 44.8 Å². The summed E-state index contributed by atoms with van der Waals surface area (Å²) in [6.45, 7) is 1.21. The highest BCUT2D eigenvalue weighted by molar-refractivity contribution is 5.83. The predicted molar refractivity (Wildman–Crippen MR) is 108 cm³/mol. The zero-order chi connectivity index (χ0) is 21.1. The van der Waals surface area contributed by atoms with E-state index in [1.165, 1.54) is 0 Å². The van der Waals surface area contributed by atoms with E-state index in [-0.39, 0.29) is 12.8 Å². The number of halogens is 2. The Morgan fingerprint density at radius 1 is 1.13 bits per heavy atom. The van der Waals surface area contributed by atoms with E-state index in [1.54, 1.807) is 16.4 Å². The van der Waals surface area contributed by atoms with Gasteiger partial charge in [0.25, 0.3) is 11.8 Å². The van der Waals surface area contributed by atoms with Crippen LogP contribution in [0.25, 0.3) is 10.9 Å². The second-order valence-electron chi connectivity index (χ2n) is 7.78. The topological polar surface area (TPSA) is 70.4 Å². The molecule has 30 heavy (non-hydrogen) atoms. The first-order chi connectivity index (χ1) is 14.4. The molecule has 1 aliphatic rings. The average Bonchev–Trinajstić information content (AvgIpc) is 3.19. The summed E-state index contributed by atoms with van der Waals surface area (Å²) in [6.07, 6.45) is 1.89. The molecule has 1 unspecified atom stereocenters. The summed E-state index contributed by atoms with van der Waals surface area (Å²) in [5, 5.41) is 14.7. The first kappa shape index (κ1) is 20.4. The number of nitrogens with zero attached hydrogens (tertiary/aromatic N) is 3. The fourth-order valence-corrected chi connectivity index (χ4v) is 3.91. The van der Waals surface area contributed by atoms with Gasteiger partial charge in [-0.25, -0.2) is 14.3 Å². The average molecular weight is 414 g/mol. The molecule has 2 heterocycles. The molecule has 6 nitrogen and oxygen atoms in total. The molecule has 1 atom stereocenters. The number of hydrogen-bond acceptors (Lipinski definition) is 4. The maximum atomic E-state index is 13.4. The molecule has 0 spiro atoms. The van der Waals surface area contributed by atoms with Crippen LogP contribution in [0.1, 0.15) is 30.0 Å². The van der Waals surface area contributed by atoms with E-state index in [0.717, 1.165) is 22.0 Å². The van der Waals surface area contributed by atoms with E-state index in [0.29, 0.717) is 26.1 Å². The first-order valence-corrected chi connectivity index (χ1v) is 10.00. The SMILES string of the molecule is O=C(NO)C(Cc1ccccc1)n1cc2cccc(CN3CCC(F)(F)CC3)c2n1. The molecule has 158 valence electrons. The van der Waals surface area contributed by atoms with Gasteiger partial charge >= 0.3 is 0 Å². The number of fused-ring (bicyclic) bond motifs is 1. The van der Waals surface area contributed by atoms with Gasteiger partial charge in [-0.3, -0.25) is 19.6 Å². The van der Waals surface area contributed by atoms with Crippen molar-refractivity contribution in [3.63, 3.8) is 0 Å². The molecule has 1 saturated heterocycles. The molecule has 1 aliphatic heterocycles. The van der Waals surface area contributed by atoms with Crippen LogP contribution in [0, 0.1) is 0 Å². The summed E-state index contributed by atoms with van der Waals surface area (Å²) in [7, 11) is 0. The largest absolute Gasteiger partial charge is 0.299 e. The number of amides is 1. The van der Waals surface area contributed by atoms with E-state index in [2.05, 4.69) is 5.10 Å². The normalized spacial score (nSPS) is 17.7. The second kappa shape index (κ2) is 8.49. The van der Waals surface area contributed by atoms with E-state index >= 15 is 0 Å². The number of rotatable bonds is 6. The van der Waals surface area contributed by atoms with Gasteiger partial charge in [-0.05, 0) is 11.1 Å². The van der Waals surface area contributed by atoms with Crippen LogP contribution in [0.2, 0.25) is 0 Å². The maximum absolute atomic E-state index is 13.4. The Morgan fingerprint density at radius 2 is 1.87 bits per heavy atom. The Hall–Kier alpha value is -2.84. The van der Waals surface area contributed by atoms with E-state index in [9.17, 15) is 18.8 Å². The third kappa shape index (κ3) is 4.49. The number of aromatic nitrogens is 2. The molecule has 0 aliphatic carbocycles. The van der Waals surface area contributed by atoms with Gasteiger partial charge in [0.05, 0.1) is 5.52 Å². The molecule has 2 N–H and O–H groups in total. The molecule has 3 aromatic rings. The Morgan fingerprint density at radius 3 is 2.57 bits per heavy atom. The lowest BCUT2D eigenvalue weighted by Crippen LogP contribution is -2.38. The highest BCUT2D eigenvalue weighted by Gasteiger charge is 2.34. The molecule has 2 aromatic carbocycles. The summed E-state index contributed by atoms with van der Waals surface area (Å²) < 4.78 is 28.5. The smallest absolute Gasteiger partial charge is 0.268 e. The van der Waals surface area contributed by atoms with Crippen LogP contribution < -0.4 is 5.48 Å². The summed E-state index contributed by atoms with van der Waals surface area (Å²) in [6, 6.07) is 14.5. The molecular weight excluding hydrogens is 390 g/mol. The summed E-state index contributed by atoms with van der Waals surface area (Å²) in [5.74, 6) is -3.13. The van der Waals surface area contributed by atoms with Gasteiger partial charge < -0.3 is 0 Å². The quantitative estimate of drug-likeness (QED) is 0.478. The first-order valence-electron chi connectivity index (χ1n) is 10.00. The van der Waals surface area contributed by atoms with Crippen LogP contribution in [0.4, 0.5) is 8.78 Å². The van der Waals surface area contributed by atoms with Gasteiger partial charge in [0.15, 0.2) is 0 Å². The number of hydrogen-bond donors (Lipinski definition) is 2. The molecule has 1 aromatic heterocycles. The zero-order valence-corrected chi connectivity index (χ0v) is 16.5. The minimum Gasteiger partial charge on any atom is -0.299 e. The number of likely N-dealkylation sites (tertiary alicyclic amines) is 1. The minimum atomic E-state index is -2.58. The maximum Gasteiger partial charge on any atom is 0.268 e. The standard InChI is InChI=1S/C22H24F2N4O2/c23-22(24)9-11-27(12-10-22)14-17-7-4-8-18-15-28(25-20(17)18)19(21(29)26-30)13-16-5-2-1-3-6-16/h1-8,15,19,30H,9-14H2,(H,26,29). The van der Waals surface area contributed by atoms with Crippen molar-refractivity contribution in [1.29, 1.82) is 0 Å². The highest BCUT2D eigenvalue weighted by atomic mass is 19.3. The number of carbonyl (C=O) groups is 1. The third-order valence-corrected chi connectivity index (χ3v) is 5.62. The minimum absolute atomic E-state index is 0.132.